The van der Waals surface area contributed by atoms with Crippen LogP contribution in [0.5, 0.6) is 0 Å². The molecule has 3 nitrogen and oxygen atoms in total. The summed E-state index contributed by atoms with van der Waals surface area (Å²) in [6.07, 6.45) is 8.76. The molecule has 1 heterocycles. The van der Waals surface area contributed by atoms with Crippen molar-refractivity contribution in [3.8, 4) is 0 Å². The Balaban J connectivity index is 1.42. The number of rotatable bonds is 3. The summed E-state index contributed by atoms with van der Waals surface area (Å²) in [6, 6.07) is 0. The van der Waals surface area contributed by atoms with Crippen molar-refractivity contribution in [2.75, 3.05) is 31.1 Å². The van der Waals surface area contributed by atoms with Crippen LogP contribution in [0.15, 0.2) is 4.99 Å². The zero-order valence-corrected chi connectivity index (χ0v) is 12.7. The molecule has 2 atom stereocenters. The third kappa shape index (κ3) is 3.59. The standard InChI is InChI=1S/C15H27N3S/c16-15(18-6-8-19-9-7-18)17-11-13-10-14(13)12-4-2-1-3-5-12/h12-14H,1-11H2,(H2,16,17)/t13-,14-/m0/s1. The first kappa shape index (κ1) is 13.6. The third-order valence-corrected chi connectivity index (χ3v) is 6.00. The van der Waals surface area contributed by atoms with E-state index in [1.54, 1.807) is 0 Å². The summed E-state index contributed by atoms with van der Waals surface area (Å²) in [5.41, 5.74) is 6.12. The van der Waals surface area contributed by atoms with Gasteiger partial charge in [0.25, 0.3) is 0 Å². The molecule has 3 aliphatic rings. The Morgan fingerprint density at radius 2 is 1.89 bits per heavy atom. The van der Waals surface area contributed by atoms with Crippen LogP contribution < -0.4 is 5.73 Å². The zero-order chi connectivity index (χ0) is 13.1. The largest absolute Gasteiger partial charge is 0.370 e. The van der Waals surface area contributed by atoms with Crippen molar-refractivity contribution in [1.82, 2.24) is 4.90 Å². The summed E-state index contributed by atoms with van der Waals surface area (Å²) in [5, 5.41) is 0. The number of thioether (sulfide) groups is 1. The number of nitrogens with zero attached hydrogens (tertiary/aromatic N) is 2. The molecule has 3 rings (SSSR count). The van der Waals surface area contributed by atoms with Gasteiger partial charge >= 0.3 is 0 Å². The summed E-state index contributed by atoms with van der Waals surface area (Å²) >= 11 is 2.02. The lowest BCUT2D eigenvalue weighted by atomic mass is 9.85. The first-order valence-electron chi connectivity index (χ1n) is 7.97. The van der Waals surface area contributed by atoms with E-state index in [2.05, 4.69) is 9.89 Å². The Kier molecular flexibility index (Phi) is 4.57. The van der Waals surface area contributed by atoms with E-state index in [9.17, 15) is 0 Å². The molecule has 0 amide bonds. The Morgan fingerprint density at radius 3 is 2.63 bits per heavy atom. The second-order valence-corrected chi connectivity index (χ2v) is 7.58. The molecule has 2 N–H and O–H groups in total. The normalized spacial score (nSPS) is 33.5. The minimum Gasteiger partial charge on any atom is -0.370 e. The molecule has 1 saturated heterocycles. The van der Waals surface area contributed by atoms with Gasteiger partial charge in [-0.15, -0.1) is 0 Å². The van der Waals surface area contributed by atoms with Gasteiger partial charge in [0.2, 0.25) is 0 Å². The smallest absolute Gasteiger partial charge is 0.191 e. The van der Waals surface area contributed by atoms with E-state index < -0.39 is 0 Å². The van der Waals surface area contributed by atoms with E-state index in [-0.39, 0.29) is 0 Å². The molecule has 2 saturated carbocycles. The minimum absolute atomic E-state index is 0.801. The van der Waals surface area contributed by atoms with Crippen molar-refractivity contribution in [2.45, 2.75) is 38.5 Å². The fourth-order valence-electron chi connectivity index (χ4n) is 3.72. The molecule has 0 spiro atoms. The topological polar surface area (TPSA) is 41.6 Å². The van der Waals surface area contributed by atoms with Crippen LogP contribution >= 0.6 is 11.8 Å². The van der Waals surface area contributed by atoms with Gasteiger partial charge in [0.15, 0.2) is 5.96 Å². The lowest BCUT2D eigenvalue weighted by Crippen LogP contribution is -2.42. The van der Waals surface area contributed by atoms with Crippen molar-refractivity contribution in [3.63, 3.8) is 0 Å². The molecule has 3 fully saturated rings. The maximum absolute atomic E-state index is 6.12. The van der Waals surface area contributed by atoms with Gasteiger partial charge in [-0.05, 0) is 24.2 Å². The van der Waals surface area contributed by atoms with Gasteiger partial charge in [0.1, 0.15) is 0 Å². The van der Waals surface area contributed by atoms with Gasteiger partial charge in [-0.2, -0.15) is 11.8 Å². The highest BCUT2D eigenvalue weighted by molar-refractivity contribution is 7.99. The molecule has 0 bridgehead atoms. The quantitative estimate of drug-likeness (QED) is 0.638. The molecular weight excluding hydrogens is 254 g/mol. The third-order valence-electron chi connectivity index (χ3n) is 5.06. The van der Waals surface area contributed by atoms with Crippen LogP contribution in [0.4, 0.5) is 0 Å². The molecule has 0 aromatic rings. The summed E-state index contributed by atoms with van der Waals surface area (Å²) in [7, 11) is 0. The summed E-state index contributed by atoms with van der Waals surface area (Å²) < 4.78 is 0. The fraction of sp³-hybridized carbons (Fsp3) is 0.933. The Bertz CT molecular complexity index is 319. The number of aliphatic imine (C=N–C) groups is 1. The lowest BCUT2D eigenvalue weighted by molar-refractivity contribution is 0.310. The highest BCUT2D eigenvalue weighted by Crippen LogP contribution is 2.49. The first-order chi connectivity index (χ1) is 9.34. The maximum Gasteiger partial charge on any atom is 0.191 e. The van der Waals surface area contributed by atoms with Gasteiger partial charge in [0, 0.05) is 31.1 Å². The molecule has 19 heavy (non-hydrogen) atoms. The van der Waals surface area contributed by atoms with Gasteiger partial charge in [-0.3, -0.25) is 4.99 Å². The average molecular weight is 281 g/mol. The second kappa shape index (κ2) is 6.38. The zero-order valence-electron chi connectivity index (χ0n) is 11.9. The van der Waals surface area contributed by atoms with Crippen molar-refractivity contribution < 1.29 is 0 Å². The first-order valence-corrected chi connectivity index (χ1v) is 9.12. The predicted molar refractivity (Wildman–Crippen MR) is 83.6 cm³/mol. The minimum atomic E-state index is 0.801. The summed E-state index contributed by atoms with van der Waals surface area (Å²) in [4.78, 5) is 6.92. The van der Waals surface area contributed by atoms with Gasteiger partial charge < -0.3 is 10.6 Å². The van der Waals surface area contributed by atoms with Crippen LogP contribution in [-0.2, 0) is 0 Å². The predicted octanol–water partition coefficient (Wildman–Crippen LogP) is 2.57. The van der Waals surface area contributed by atoms with E-state index in [0.717, 1.165) is 43.3 Å². The van der Waals surface area contributed by atoms with E-state index >= 15 is 0 Å². The van der Waals surface area contributed by atoms with Crippen molar-refractivity contribution in [1.29, 1.82) is 0 Å². The molecule has 0 aromatic heterocycles. The van der Waals surface area contributed by atoms with E-state index in [1.807, 2.05) is 11.8 Å². The highest BCUT2D eigenvalue weighted by Gasteiger charge is 2.42. The molecular formula is C15H27N3S. The maximum atomic E-state index is 6.12. The number of nitrogens with two attached hydrogens (primary N) is 1. The lowest BCUT2D eigenvalue weighted by Gasteiger charge is -2.27. The summed E-state index contributed by atoms with van der Waals surface area (Å²) in [6.45, 7) is 3.14. The number of hydrogen-bond donors (Lipinski definition) is 1. The van der Waals surface area contributed by atoms with Gasteiger partial charge in [-0.1, -0.05) is 32.1 Å². The molecule has 0 aromatic carbocycles. The average Bonchev–Trinajstić information content (AvgIpc) is 3.26. The molecule has 4 heteroatoms. The monoisotopic (exact) mass is 281 g/mol. The second-order valence-electron chi connectivity index (χ2n) is 6.36. The Labute approximate surface area is 121 Å². The Hall–Kier alpha value is -0.380. The van der Waals surface area contributed by atoms with Crippen LogP contribution in [-0.4, -0.2) is 42.0 Å². The summed E-state index contributed by atoms with van der Waals surface area (Å²) in [5.74, 6) is 6.04. The van der Waals surface area contributed by atoms with Gasteiger partial charge in [-0.25, -0.2) is 0 Å². The SMILES string of the molecule is NC(=NC[C@@H]1C[C@H]1C1CCCCC1)N1CCSCC1. The molecule has 0 radical (unpaired) electrons. The van der Waals surface area contributed by atoms with Crippen molar-refractivity contribution in [3.05, 3.63) is 0 Å². The molecule has 2 aliphatic carbocycles. The Morgan fingerprint density at radius 1 is 1.16 bits per heavy atom. The fourth-order valence-corrected chi connectivity index (χ4v) is 4.63. The van der Waals surface area contributed by atoms with Crippen molar-refractivity contribution >= 4 is 17.7 Å². The van der Waals surface area contributed by atoms with Crippen LogP contribution in [0.3, 0.4) is 0 Å². The van der Waals surface area contributed by atoms with Crippen LogP contribution in [0.1, 0.15) is 38.5 Å². The van der Waals surface area contributed by atoms with E-state index in [4.69, 9.17) is 5.73 Å². The van der Waals surface area contributed by atoms with E-state index in [1.165, 1.54) is 50.0 Å². The number of hydrogen-bond acceptors (Lipinski definition) is 2. The number of guanidine groups is 1. The molecule has 0 unspecified atom stereocenters. The van der Waals surface area contributed by atoms with Crippen LogP contribution in [0.2, 0.25) is 0 Å². The van der Waals surface area contributed by atoms with E-state index in [0.29, 0.717) is 0 Å². The van der Waals surface area contributed by atoms with Crippen LogP contribution in [0, 0.1) is 17.8 Å². The van der Waals surface area contributed by atoms with Gasteiger partial charge in [0.05, 0.1) is 0 Å². The molecule has 1 aliphatic heterocycles. The highest BCUT2D eigenvalue weighted by atomic mass is 32.2. The van der Waals surface area contributed by atoms with Crippen LogP contribution in [0.25, 0.3) is 0 Å². The van der Waals surface area contributed by atoms with Crippen molar-refractivity contribution in [2.24, 2.45) is 28.5 Å². The molecule has 108 valence electrons.